The summed E-state index contributed by atoms with van der Waals surface area (Å²) in [5.74, 6) is 3.22. The van der Waals surface area contributed by atoms with Crippen LogP contribution in [0.25, 0.3) is 0 Å². The summed E-state index contributed by atoms with van der Waals surface area (Å²) in [5.41, 5.74) is 2.74. The average molecular weight is 920 g/mol. The molecule has 0 saturated carbocycles. The van der Waals surface area contributed by atoms with Crippen LogP contribution in [0.3, 0.4) is 0 Å². The molecular formula is C23H28B35INO6. The number of ether oxygens (including phenoxy) is 5. The van der Waals surface area contributed by atoms with Crippen molar-refractivity contribution in [1.29, 1.82) is 0 Å². The smallest absolute Gasteiger partial charge is 0.231 e. The van der Waals surface area contributed by atoms with Crippen molar-refractivity contribution in [2.24, 2.45) is 0 Å². The molecule has 0 amide bonds. The third-order valence-electron chi connectivity index (χ3n) is 13.0. The molecule has 1 atom stereocenters. The zero-order valence-electron chi connectivity index (χ0n) is 38.7. The molecule has 2 aromatic rings. The summed E-state index contributed by atoms with van der Waals surface area (Å²) in [5, 5.41) is 0. The Morgan fingerprint density at radius 3 is 1.41 bits per heavy atom. The van der Waals surface area contributed by atoms with Gasteiger partial charge in [0.2, 0.25) is 12.5 Å². The first-order valence-electron chi connectivity index (χ1n) is 21.3. The number of carbonyl (C=O) groups is 1. The molecule has 37 radical (unpaired) electrons. The van der Waals surface area contributed by atoms with Crippen LogP contribution >= 0.6 is 0 Å². The van der Waals surface area contributed by atoms with Crippen LogP contribution in [0, 0.1) is 0 Å². The van der Waals surface area contributed by atoms with Gasteiger partial charge >= 0.3 is 0 Å². The number of likely N-dealkylation sites (N-methyl/N-ethyl adjacent to an activating group) is 1. The monoisotopic (exact) mass is 926 g/mol. The van der Waals surface area contributed by atoms with Crippen molar-refractivity contribution in [3.63, 3.8) is 0 Å². The van der Waals surface area contributed by atoms with Crippen LogP contribution in [-0.2, 0) is 6.42 Å². The van der Waals surface area contributed by atoms with Gasteiger partial charge in [0.15, 0.2) is 17.3 Å². The molecule has 2 aliphatic heterocycles. The van der Waals surface area contributed by atoms with E-state index in [0.29, 0.717) is 45.2 Å². The van der Waals surface area contributed by atoms with Crippen molar-refractivity contribution < 1.29 is 56.9 Å². The minimum absolute atomic E-state index is 0. The fraction of sp³-hybridized carbons (Fsp3) is 0.435. The van der Waals surface area contributed by atoms with Gasteiger partial charge in [-0.05, 0) is 23.8 Å². The molecule has 43 heteroatoms. The van der Waals surface area contributed by atoms with Gasteiger partial charge in [-0.25, -0.2) is 0 Å². The first kappa shape index (κ1) is 62.2. The molecule has 1 unspecified atom stereocenters. The summed E-state index contributed by atoms with van der Waals surface area (Å²) in [7, 11) is 121. The van der Waals surface area contributed by atoms with Crippen LogP contribution in [0.15, 0.2) is 24.3 Å². The molecule has 0 fully saturated rings. The summed E-state index contributed by atoms with van der Waals surface area (Å²) < 4.78 is 28.4. The van der Waals surface area contributed by atoms with Crippen LogP contribution in [0.5, 0.6) is 28.7 Å². The molecule has 7 nitrogen and oxygen atoms in total. The van der Waals surface area contributed by atoms with Crippen LogP contribution in [0.1, 0.15) is 33.9 Å². The van der Waals surface area contributed by atoms with Gasteiger partial charge in [-0.15, -0.1) is 0 Å². The van der Waals surface area contributed by atoms with E-state index in [1.807, 2.05) is 6.07 Å². The minimum Gasteiger partial charge on any atom is -1.00 e. The SMILES string of the molecule is COc1cc(OC)cc(C(=O)CC2c3c(cc4c(c3OC)OCO4)CC[N+]2(C)C)c1.[B][B]B([B])B(B(B([B])[B])B([B])[B])B(B(B([B])[B])B([B])[B])B(B(B([B])[B])B([B])[B])B(B([B])[B])B([B])[B].[I-]. The molecule has 2 heterocycles. The topological polar surface area (TPSA) is 63.2 Å². The summed E-state index contributed by atoms with van der Waals surface area (Å²) in [6.07, 6.45) is -15.2. The number of nitrogens with zero attached hydrogens (tertiary/aromatic N) is 1. The Morgan fingerprint density at radius 2 is 1.03 bits per heavy atom. The second kappa shape index (κ2) is 27.8. The van der Waals surface area contributed by atoms with Gasteiger partial charge in [-0.3, -0.25) is 4.79 Å². The highest BCUT2D eigenvalue weighted by molar-refractivity contribution is 8.30. The summed E-state index contributed by atoms with van der Waals surface area (Å²) in [6, 6.07) is 7.22. The Labute approximate surface area is 445 Å². The zero-order chi connectivity index (χ0) is 49.4. The fourth-order valence-corrected chi connectivity index (χ4v) is 9.89. The van der Waals surface area contributed by atoms with E-state index in [9.17, 15) is 4.79 Å². The molecule has 2 aliphatic rings. The number of ketones is 1. The number of hydrogen-bond acceptors (Lipinski definition) is 6. The van der Waals surface area contributed by atoms with E-state index in [1.165, 1.54) is 7.06 Å². The molecule has 2 aromatic carbocycles. The van der Waals surface area contributed by atoms with Gasteiger partial charge in [0, 0.05) is 267 Å². The van der Waals surface area contributed by atoms with Crippen LogP contribution in [-0.4, -0.2) is 308 Å². The number of rotatable bonds is 22. The van der Waals surface area contributed by atoms with E-state index in [-0.39, 0.29) is 42.6 Å². The van der Waals surface area contributed by atoms with E-state index in [0.717, 1.165) is 24.1 Å². The molecule has 0 N–H and O–H groups in total. The van der Waals surface area contributed by atoms with Crippen molar-refractivity contribution in [3.05, 3.63) is 41.0 Å². The number of methoxy groups -OCH3 is 3. The van der Waals surface area contributed by atoms with Crippen molar-refractivity contribution in [3.8, 4) is 28.7 Å². The molecule has 4 rings (SSSR count). The highest BCUT2D eigenvalue weighted by atomic mass is 127. The predicted molar refractivity (Wildman–Crippen MR) is 312 cm³/mol. The number of benzene rings is 2. The Morgan fingerprint density at radius 1 is 0.621 bits per heavy atom. The van der Waals surface area contributed by atoms with Crippen molar-refractivity contribution in [2.45, 2.75) is 18.9 Å². The summed E-state index contributed by atoms with van der Waals surface area (Å²) >= 11 is 0. The van der Waals surface area contributed by atoms with Gasteiger partial charge in [0.05, 0.1) is 54.0 Å². The Balaban J connectivity index is 0.000000450. The normalized spacial score (nSPS) is 13.4. The molecule has 0 spiro atoms. The number of Topliss-reactive ketones (excluding diaryl/α,β-unsaturated/α-hetero) is 1. The Bertz CT molecular complexity index is 1760. The molecule has 0 saturated heterocycles. The van der Waals surface area contributed by atoms with Gasteiger partial charge < -0.3 is 52.1 Å². The molecular weight excluding hydrogens is 892 g/mol. The lowest BCUT2D eigenvalue weighted by molar-refractivity contribution is -0.922. The number of fused-ring (bicyclic) bond motifs is 2. The number of hydrogen-bond donors (Lipinski definition) is 0. The molecule has 273 valence electrons. The second-order valence-electron chi connectivity index (χ2n) is 17.6. The number of carbonyl (C=O) groups excluding carboxylic acids is 1. The lowest BCUT2D eigenvalue weighted by atomic mass is 8.29. The molecule has 0 aromatic heterocycles. The highest BCUT2D eigenvalue weighted by Crippen LogP contribution is 2.51. The maximum Gasteiger partial charge on any atom is 0.231 e. The highest BCUT2D eigenvalue weighted by Gasteiger charge is 2.55. The molecule has 0 bridgehead atoms. The average Bonchev–Trinajstić information content (AvgIpc) is 3.69. The predicted octanol–water partition coefficient (Wildman–Crippen LogP) is -12.9. The van der Waals surface area contributed by atoms with Crippen molar-refractivity contribution >= 4 is 254 Å². The minimum atomic E-state index is -1.13. The quantitative estimate of drug-likeness (QED) is 0.0507. The van der Waals surface area contributed by atoms with Crippen LogP contribution < -0.4 is 47.7 Å². The lowest BCUT2D eigenvalue weighted by Crippen LogP contribution is -3.00. The Hall–Kier alpha value is 0.0727. The first-order chi connectivity index (χ1) is 30.3. The molecule has 0 aliphatic carbocycles. The van der Waals surface area contributed by atoms with Crippen molar-refractivity contribution in [1.82, 2.24) is 0 Å². The maximum absolute atomic E-state index is 13.4. The van der Waals surface area contributed by atoms with Crippen LogP contribution in [0.2, 0.25) is 0 Å². The number of halogens is 1. The summed E-state index contributed by atoms with van der Waals surface area (Å²) in [6.45, 7) is 1.09. The zero-order valence-corrected chi connectivity index (χ0v) is 40.9. The third-order valence-corrected chi connectivity index (χ3v) is 13.0. The largest absolute Gasteiger partial charge is 1.00 e. The maximum atomic E-state index is 13.4. The van der Waals surface area contributed by atoms with E-state index in [2.05, 4.69) is 14.1 Å². The fourth-order valence-electron chi connectivity index (χ4n) is 9.89. The van der Waals surface area contributed by atoms with Gasteiger partial charge in [0.25, 0.3) is 0 Å². The van der Waals surface area contributed by atoms with E-state index in [4.69, 9.17) is 163 Å². The Kier molecular flexibility index (Phi) is 26.2. The van der Waals surface area contributed by atoms with E-state index in [1.54, 1.807) is 39.5 Å². The second-order valence-corrected chi connectivity index (χ2v) is 17.6. The third kappa shape index (κ3) is 15.1. The molecule has 66 heavy (non-hydrogen) atoms. The van der Waals surface area contributed by atoms with Crippen molar-refractivity contribution in [2.75, 3.05) is 48.8 Å². The van der Waals surface area contributed by atoms with Gasteiger partial charge in [-0.2, -0.15) is 0 Å². The first-order valence-corrected chi connectivity index (χ1v) is 21.3. The standard InChI is InChI=1S/C23H28NO6.B35.HI/c1-24(2)7-6-14-10-20-22(30-13-29-20)23(28-5)21(14)18(24)12-19(25)15-8-16(26-3)11-17(9-15)27-4;1-19-28(18)33(29(20(2)3)21(4)5)35(32(26(14)15)27(16)17)34(30(22(6)7)23(8)9)31(24(10)11)25(12)13;/h8-11,18H,6-7,12-13H2,1-5H3;;1H/q+1;;/p-1. The van der Waals surface area contributed by atoms with E-state index >= 15 is 0 Å². The summed E-state index contributed by atoms with van der Waals surface area (Å²) in [4.78, 5) is 13.4. The lowest BCUT2D eigenvalue weighted by Gasteiger charge is -2.52. The number of quaternary nitrogens is 1. The van der Waals surface area contributed by atoms with Crippen LogP contribution in [0.4, 0.5) is 0 Å². The van der Waals surface area contributed by atoms with Gasteiger partial charge in [0.1, 0.15) is 17.5 Å². The van der Waals surface area contributed by atoms with Gasteiger partial charge in [-0.1, -0.05) is 0 Å². The van der Waals surface area contributed by atoms with E-state index < -0.39 is 102 Å².